The third kappa shape index (κ3) is 3.25. The minimum Gasteiger partial charge on any atom is -0.374 e. The standard InChI is InChI=1S/C15H21Cl2NO/c1-2-19-15(8-3-4-9-15)13(18)10-11-6-5-7-12(16)14(11)17/h5-7,13H,2-4,8-10,18H2,1H3. The van der Waals surface area contributed by atoms with Crippen LogP contribution in [-0.2, 0) is 11.2 Å². The molecule has 1 fully saturated rings. The molecule has 0 bridgehead atoms. The maximum absolute atomic E-state index is 6.42. The number of halogens is 2. The summed E-state index contributed by atoms with van der Waals surface area (Å²) >= 11 is 12.3. The summed E-state index contributed by atoms with van der Waals surface area (Å²) < 4.78 is 5.99. The van der Waals surface area contributed by atoms with Crippen molar-refractivity contribution in [3.8, 4) is 0 Å². The fourth-order valence-corrected chi connectivity index (χ4v) is 3.41. The molecule has 2 rings (SSSR count). The first-order chi connectivity index (χ1) is 9.09. The monoisotopic (exact) mass is 301 g/mol. The largest absolute Gasteiger partial charge is 0.374 e. The lowest BCUT2D eigenvalue weighted by Crippen LogP contribution is -2.49. The van der Waals surface area contributed by atoms with Crippen LogP contribution in [0.2, 0.25) is 10.0 Å². The van der Waals surface area contributed by atoms with Gasteiger partial charge in [0.2, 0.25) is 0 Å². The predicted octanol–water partition coefficient (Wildman–Crippen LogP) is 4.21. The summed E-state index contributed by atoms with van der Waals surface area (Å²) in [5.74, 6) is 0. The first-order valence-corrected chi connectivity index (χ1v) is 7.67. The van der Waals surface area contributed by atoms with Gasteiger partial charge in [0.25, 0.3) is 0 Å². The highest BCUT2D eigenvalue weighted by Gasteiger charge is 2.40. The normalized spacial score (nSPS) is 19.6. The van der Waals surface area contributed by atoms with Gasteiger partial charge >= 0.3 is 0 Å². The predicted molar refractivity (Wildman–Crippen MR) is 81.0 cm³/mol. The minimum absolute atomic E-state index is 0.0362. The average molecular weight is 302 g/mol. The van der Waals surface area contributed by atoms with Crippen molar-refractivity contribution >= 4 is 23.2 Å². The van der Waals surface area contributed by atoms with Crippen LogP contribution in [0.3, 0.4) is 0 Å². The second kappa shape index (κ2) is 6.45. The maximum atomic E-state index is 6.42. The van der Waals surface area contributed by atoms with E-state index >= 15 is 0 Å². The Kier molecular flexibility index (Phi) is 5.13. The number of benzene rings is 1. The molecule has 1 unspecified atom stereocenters. The van der Waals surface area contributed by atoms with Crippen LogP contribution in [0, 0.1) is 0 Å². The molecule has 0 aromatic heterocycles. The van der Waals surface area contributed by atoms with Gasteiger partial charge < -0.3 is 10.5 Å². The summed E-state index contributed by atoms with van der Waals surface area (Å²) in [6.07, 6.45) is 5.17. The van der Waals surface area contributed by atoms with E-state index in [0.717, 1.165) is 18.4 Å². The Bertz CT molecular complexity index is 430. The quantitative estimate of drug-likeness (QED) is 0.884. The van der Waals surface area contributed by atoms with E-state index < -0.39 is 0 Å². The van der Waals surface area contributed by atoms with Gasteiger partial charge in [-0.05, 0) is 37.8 Å². The Morgan fingerprint density at radius 1 is 1.32 bits per heavy atom. The highest BCUT2D eigenvalue weighted by Crippen LogP contribution is 2.37. The Morgan fingerprint density at radius 3 is 2.63 bits per heavy atom. The number of nitrogens with two attached hydrogens (primary N) is 1. The smallest absolute Gasteiger partial charge is 0.0835 e. The zero-order valence-corrected chi connectivity index (χ0v) is 12.8. The third-order valence-corrected chi connectivity index (χ3v) is 4.89. The van der Waals surface area contributed by atoms with Crippen molar-refractivity contribution in [3.05, 3.63) is 33.8 Å². The van der Waals surface area contributed by atoms with Gasteiger partial charge in [-0.1, -0.05) is 48.2 Å². The summed E-state index contributed by atoms with van der Waals surface area (Å²) in [7, 11) is 0. The molecule has 106 valence electrons. The average Bonchev–Trinajstić information content (AvgIpc) is 2.85. The van der Waals surface area contributed by atoms with E-state index in [1.807, 2.05) is 19.1 Å². The molecule has 0 radical (unpaired) electrons. The van der Waals surface area contributed by atoms with Crippen LogP contribution in [0.1, 0.15) is 38.2 Å². The van der Waals surface area contributed by atoms with Crippen molar-refractivity contribution in [2.24, 2.45) is 5.73 Å². The summed E-state index contributed by atoms with van der Waals surface area (Å²) in [6.45, 7) is 2.73. The van der Waals surface area contributed by atoms with Crippen LogP contribution < -0.4 is 5.73 Å². The molecule has 0 spiro atoms. The number of rotatable bonds is 5. The van der Waals surface area contributed by atoms with Gasteiger partial charge in [0.1, 0.15) is 0 Å². The van der Waals surface area contributed by atoms with Crippen molar-refractivity contribution in [1.82, 2.24) is 0 Å². The van der Waals surface area contributed by atoms with Gasteiger partial charge in [0.05, 0.1) is 15.6 Å². The molecule has 1 aromatic rings. The summed E-state index contributed by atoms with van der Waals surface area (Å²) in [4.78, 5) is 0. The van der Waals surface area contributed by atoms with Crippen molar-refractivity contribution in [3.63, 3.8) is 0 Å². The first-order valence-electron chi connectivity index (χ1n) is 6.91. The Labute approximate surface area is 125 Å². The molecule has 1 aliphatic carbocycles. The lowest BCUT2D eigenvalue weighted by atomic mass is 9.88. The molecule has 1 atom stereocenters. The van der Waals surface area contributed by atoms with Crippen LogP contribution in [0.15, 0.2) is 18.2 Å². The van der Waals surface area contributed by atoms with E-state index in [1.54, 1.807) is 6.07 Å². The Balaban J connectivity index is 2.15. The van der Waals surface area contributed by atoms with Crippen molar-refractivity contribution in [2.45, 2.75) is 50.7 Å². The summed E-state index contributed by atoms with van der Waals surface area (Å²) in [5, 5.41) is 1.20. The van der Waals surface area contributed by atoms with E-state index in [4.69, 9.17) is 33.7 Å². The van der Waals surface area contributed by atoms with Gasteiger partial charge in [-0.25, -0.2) is 0 Å². The molecule has 2 N–H and O–H groups in total. The van der Waals surface area contributed by atoms with Crippen LogP contribution >= 0.6 is 23.2 Å². The summed E-state index contributed by atoms with van der Waals surface area (Å²) in [5.41, 5.74) is 7.25. The van der Waals surface area contributed by atoms with Crippen LogP contribution in [0.25, 0.3) is 0 Å². The van der Waals surface area contributed by atoms with Crippen molar-refractivity contribution in [1.29, 1.82) is 0 Å². The minimum atomic E-state index is -0.180. The van der Waals surface area contributed by atoms with E-state index in [2.05, 4.69) is 0 Å². The SMILES string of the molecule is CCOC1(C(N)Cc2cccc(Cl)c2Cl)CCCC1. The van der Waals surface area contributed by atoms with Gasteiger partial charge in [0.15, 0.2) is 0 Å². The number of hydrogen-bond acceptors (Lipinski definition) is 2. The molecule has 0 heterocycles. The molecule has 0 saturated heterocycles. The van der Waals surface area contributed by atoms with E-state index in [-0.39, 0.29) is 11.6 Å². The molecule has 2 nitrogen and oxygen atoms in total. The lowest BCUT2D eigenvalue weighted by Gasteiger charge is -2.35. The zero-order chi connectivity index (χ0) is 13.9. The number of ether oxygens (including phenoxy) is 1. The molecule has 0 aliphatic heterocycles. The molecule has 1 saturated carbocycles. The Morgan fingerprint density at radius 2 is 2.00 bits per heavy atom. The van der Waals surface area contributed by atoms with E-state index in [1.165, 1.54) is 12.8 Å². The fourth-order valence-electron chi connectivity index (χ4n) is 3.01. The fraction of sp³-hybridized carbons (Fsp3) is 0.600. The van der Waals surface area contributed by atoms with Crippen LogP contribution in [-0.4, -0.2) is 18.2 Å². The first kappa shape index (κ1) is 15.1. The van der Waals surface area contributed by atoms with Gasteiger partial charge in [-0.3, -0.25) is 0 Å². The third-order valence-electron chi connectivity index (χ3n) is 4.03. The number of hydrogen-bond donors (Lipinski definition) is 1. The topological polar surface area (TPSA) is 35.2 Å². The second-order valence-corrected chi connectivity index (χ2v) is 6.01. The molecule has 0 amide bonds. The van der Waals surface area contributed by atoms with Gasteiger partial charge in [-0.2, -0.15) is 0 Å². The highest BCUT2D eigenvalue weighted by atomic mass is 35.5. The molecule has 1 aliphatic rings. The second-order valence-electron chi connectivity index (χ2n) is 5.23. The zero-order valence-electron chi connectivity index (χ0n) is 11.3. The lowest BCUT2D eigenvalue weighted by molar-refractivity contribution is -0.0524. The van der Waals surface area contributed by atoms with Gasteiger partial charge in [-0.15, -0.1) is 0 Å². The Hall–Kier alpha value is -0.280. The van der Waals surface area contributed by atoms with Crippen molar-refractivity contribution < 1.29 is 4.74 Å². The van der Waals surface area contributed by atoms with Crippen molar-refractivity contribution in [2.75, 3.05) is 6.61 Å². The van der Waals surface area contributed by atoms with Crippen LogP contribution in [0.5, 0.6) is 0 Å². The van der Waals surface area contributed by atoms with Gasteiger partial charge in [0, 0.05) is 12.6 Å². The molecule has 4 heteroatoms. The van der Waals surface area contributed by atoms with E-state index in [9.17, 15) is 0 Å². The summed E-state index contributed by atoms with van der Waals surface area (Å²) in [6, 6.07) is 5.67. The molecule has 1 aromatic carbocycles. The van der Waals surface area contributed by atoms with Crippen LogP contribution in [0.4, 0.5) is 0 Å². The van der Waals surface area contributed by atoms with E-state index in [0.29, 0.717) is 23.1 Å². The maximum Gasteiger partial charge on any atom is 0.0835 e. The highest BCUT2D eigenvalue weighted by molar-refractivity contribution is 6.42. The molecular weight excluding hydrogens is 281 g/mol. The molecular formula is C15H21Cl2NO. The molecule has 19 heavy (non-hydrogen) atoms.